The molecule has 0 spiro atoms. The number of nitrogens with zero attached hydrogens (tertiary/aromatic N) is 2. The van der Waals surface area contributed by atoms with E-state index in [1.54, 1.807) is 12.1 Å². The Kier molecular flexibility index (Phi) is 2.66. The molecule has 2 rings (SSSR count). The van der Waals surface area contributed by atoms with Crippen LogP contribution in [0.25, 0.3) is 0 Å². The zero-order chi connectivity index (χ0) is 10.7. The third-order valence-electron chi connectivity index (χ3n) is 2.46. The van der Waals surface area contributed by atoms with Gasteiger partial charge in [-0.05, 0) is 30.7 Å². The lowest BCUT2D eigenvalue weighted by Crippen LogP contribution is -2.36. The van der Waals surface area contributed by atoms with Crippen molar-refractivity contribution in [3.8, 4) is 6.07 Å². The Labute approximate surface area is 88.1 Å². The maximum atomic E-state index is 10.6. The van der Waals surface area contributed by atoms with Gasteiger partial charge in [0.15, 0.2) is 0 Å². The van der Waals surface area contributed by atoms with Crippen molar-refractivity contribution in [2.75, 3.05) is 11.6 Å². The SMILES string of the molecule is N#Cc1ccc(N2CCC(C=O)N2)cc1. The molecule has 0 saturated carbocycles. The Morgan fingerprint density at radius 1 is 1.47 bits per heavy atom. The molecule has 4 nitrogen and oxygen atoms in total. The highest BCUT2D eigenvalue weighted by Gasteiger charge is 2.20. The van der Waals surface area contributed by atoms with Crippen LogP contribution in [-0.4, -0.2) is 18.9 Å². The fourth-order valence-corrected chi connectivity index (χ4v) is 1.62. The average Bonchev–Trinajstić information content (AvgIpc) is 2.78. The molecule has 1 unspecified atom stereocenters. The molecule has 1 saturated heterocycles. The summed E-state index contributed by atoms with van der Waals surface area (Å²) in [5, 5.41) is 10.6. The van der Waals surface area contributed by atoms with Gasteiger partial charge in [0.1, 0.15) is 6.29 Å². The summed E-state index contributed by atoms with van der Waals surface area (Å²) in [5.74, 6) is 0. The third kappa shape index (κ3) is 1.97. The first-order chi connectivity index (χ1) is 7.33. The number of carbonyl (C=O) groups excluding carboxylic acids is 1. The van der Waals surface area contributed by atoms with Crippen LogP contribution in [0.1, 0.15) is 12.0 Å². The summed E-state index contributed by atoms with van der Waals surface area (Å²) in [6.07, 6.45) is 1.74. The van der Waals surface area contributed by atoms with Crippen molar-refractivity contribution in [1.82, 2.24) is 5.43 Å². The number of hydrogen-bond donors (Lipinski definition) is 1. The molecule has 0 aromatic heterocycles. The number of rotatable bonds is 2. The highest BCUT2D eigenvalue weighted by molar-refractivity contribution is 5.60. The number of nitrogens with one attached hydrogen (secondary N) is 1. The monoisotopic (exact) mass is 201 g/mol. The molecule has 1 aliphatic heterocycles. The van der Waals surface area contributed by atoms with Crippen molar-refractivity contribution in [2.24, 2.45) is 0 Å². The summed E-state index contributed by atoms with van der Waals surface area (Å²) < 4.78 is 0. The van der Waals surface area contributed by atoms with Gasteiger partial charge in [0, 0.05) is 6.54 Å². The fourth-order valence-electron chi connectivity index (χ4n) is 1.62. The molecule has 0 amide bonds. The number of nitriles is 1. The minimum atomic E-state index is -0.0827. The van der Waals surface area contributed by atoms with Crippen molar-refractivity contribution in [1.29, 1.82) is 5.26 Å². The Hall–Kier alpha value is -1.86. The standard InChI is InChI=1S/C11H11N3O/c12-7-9-1-3-11(4-2-9)14-6-5-10(8-15)13-14/h1-4,8,10,13H,5-6H2. The lowest BCUT2D eigenvalue weighted by atomic mass is 10.2. The second kappa shape index (κ2) is 4.11. The van der Waals surface area contributed by atoms with Gasteiger partial charge in [-0.3, -0.25) is 0 Å². The van der Waals surface area contributed by atoms with E-state index in [9.17, 15) is 4.79 Å². The van der Waals surface area contributed by atoms with Crippen molar-refractivity contribution in [3.63, 3.8) is 0 Å². The number of hydrazine groups is 1. The Bertz CT molecular complexity index is 393. The summed E-state index contributed by atoms with van der Waals surface area (Å²) >= 11 is 0. The van der Waals surface area contributed by atoms with Gasteiger partial charge in [-0.2, -0.15) is 5.26 Å². The van der Waals surface area contributed by atoms with E-state index >= 15 is 0 Å². The van der Waals surface area contributed by atoms with Crippen molar-refractivity contribution >= 4 is 12.0 Å². The van der Waals surface area contributed by atoms with E-state index in [1.807, 2.05) is 17.1 Å². The van der Waals surface area contributed by atoms with E-state index in [0.29, 0.717) is 5.56 Å². The summed E-state index contributed by atoms with van der Waals surface area (Å²) in [7, 11) is 0. The van der Waals surface area contributed by atoms with Gasteiger partial charge in [0.05, 0.1) is 23.4 Å². The molecule has 76 valence electrons. The van der Waals surface area contributed by atoms with Crippen LogP contribution in [0.3, 0.4) is 0 Å². The van der Waals surface area contributed by atoms with Gasteiger partial charge in [-0.25, -0.2) is 5.43 Å². The molecule has 1 aromatic carbocycles. The average molecular weight is 201 g/mol. The van der Waals surface area contributed by atoms with Gasteiger partial charge in [0.25, 0.3) is 0 Å². The molecule has 1 aromatic rings. The highest BCUT2D eigenvalue weighted by Crippen LogP contribution is 2.17. The van der Waals surface area contributed by atoms with Gasteiger partial charge in [0.2, 0.25) is 0 Å². The Morgan fingerprint density at radius 3 is 2.73 bits per heavy atom. The maximum Gasteiger partial charge on any atom is 0.138 e. The van der Waals surface area contributed by atoms with Crippen molar-refractivity contribution < 1.29 is 4.79 Å². The van der Waals surface area contributed by atoms with E-state index in [-0.39, 0.29) is 6.04 Å². The van der Waals surface area contributed by atoms with Crippen molar-refractivity contribution in [2.45, 2.75) is 12.5 Å². The van der Waals surface area contributed by atoms with Gasteiger partial charge in [-0.15, -0.1) is 0 Å². The third-order valence-corrected chi connectivity index (χ3v) is 2.46. The molecule has 4 heteroatoms. The van der Waals surface area contributed by atoms with E-state index in [0.717, 1.165) is 24.9 Å². The minimum Gasteiger partial charge on any atom is -0.308 e. The Morgan fingerprint density at radius 2 is 2.20 bits per heavy atom. The summed E-state index contributed by atoms with van der Waals surface area (Å²) in [5.41, 5.74) is 4.70. The zero-order valence-electron chi connectivity index (χ0n) is 8.18. The summed E-state index contributed by atoms with van der Waals surface area (Å²) in [6, 6.07) is 9.27. The van der Waals surface area contributed by atoms with Crippen LogP contribution in [-0.2, 0) is 4.79 Å². The Balaban J connectivity index is 2.11. The lowest BCUT2D eigenvalue weighted by Gasteiger charge is -2.18. The second-order valence-electron chi connectivity index (χ2n) is 3.47. The number of benzene rings is 1. The van der Waals surface area contributed by atoms with Crippen LogP contribution < -0.4 is 10.4 Å². The number of carbonyl (C=O) groups is 1. The van der Waals surface area contributed by atoms with Crippen LogP contribution >= 0.6 is 0 Å². The van der Waals surface area contributed by atoms with Crippen molar-refractivity contribution in [3.05, 3.63) is 29.8 Å². The normalized spacial score (nSPS) is 19.9. The molecular formula is C11H11N3O. The van der Waals surface area contributed by atoms with E-state index in [2.05, 4.69) is 11.5 Å². The number of anilines is 1. The molecule has 1 fully saturated rings. The topological polar surface area (TPSA) is 56.1 Å². The smallest absolute Gasteiger partial charge is 0.138 e. The number of aldehydes is 1. The molecule has 1 aliphatic rings. The quantitative estimate of drug-likeness (QED) is 0.720. The number of hydrogen-bond acceptors (Lipinski definition) is 4. The van der Waals surface area contributed by atoms with E-state index in [1.165, 1.54) is 0 Å². The van der Waals surface area contributed by atoms with Crippen LogP contribution in [0.2, 0.25) is 0 Å². The van der Waals surface area contributed by atoms with Gasteiger partial charge in [-0.1, -0.05) is 0 Å². The summed E-state index contributed by atoms with van der Waals surface area (Å²) in [4.78, 5) is 10.6. The zero-order valence-corrected chi connectivity index (χ0v) is 8.18. The molecule has 15 heavy (non-hydrogen) atoms. The van der Waals surface area contributed by atoms with E-state index < -0.39 is 0 Å². The lowest BCUT2D eigenvalue weighted by molar-refractivity contribution is -0.109. The predicted molar refractivity (Wildman–Crippen MR) is 56.1 cm³/mol. The maximum absolute atomic E-state index is 10.6. The molecule has 1 atom stereocenters. The summed E-state index contributed by atoms with van der Waals surface area (Å²) in [6.45, 7) is 0.815. The van der Waals surface area contributed by atoms with Crippen LogP contribution in [0.5, 0.6) is 0 Å². The van der Waals surface area contributed by atoms with Crippen LogP contribution in [0.15, 0.2) is 24.3 Å². The largest absolute Gasteiger partial charge is 0.308 e. The molecule has 0 aliphatic carbocycles. The highest BCUT2D eigenvalue weighted by atomic mass is 16.1. The minimum absolute atomic E-state index is 0.0827. The first-order valence-electron chi connectivity index (χ1n) is 4.82. The molecule has 0 bridgehead atoms. The first-order valence-corrected chi connectivity index (χ1v) is 4.82. The predicted octanol–water partition coefficient (Wildman–Crippen LogP) is 0.840. The fraction of sp³-hybridized carbons (Fsp3) is 0.273. The molecule has 0 radical (unpaired) electrons. The second-order valence-corrected chi connectivity index (χ2v) is 3.47. The van der Waals surface area contributed by atoms with Gasteiger partial charge >= 0.3 is 0 Å². The molecule has 1 heterocycles. The molecular weight excluding hydrogens is 190 g/mol. The van der Waals surface area contributed by atoms with Gasteiger partial charge < -0.3 is 9.80 Å². The first kappa shape index (κ1) is 9.69. The van der Waals surface area contributed by atoms with E-state index in [4.69, 9.17) is 5.26 Å². The molecule has 1 N–H and O–H groups in total. The van der Waals surface area contributed by atoms with Crippen LogP contribution in [0.4, 0.5) is 5.69 Å². The van der Waals surface area contributed by atoms with Crippen LogP contribution in [0, 0.1) is 11.3 Å².